The van der Waals surface area contributed by atoms with Gasteiger partial charge in [0, 0.05) is 37.6 Å². The van der Waals surface area contributed by atoms with Crippen LogP contribution >= 0.6 is 0 Å². The van der Waals surface area contributed by atoms with E-state index in [9.17, 15) is 0 Å². The Bertz CT molecular complexity index is 915. The third-order valence-electron chi connectivity index (χ3n) is 5.37. The fourth-order valence-corrected chi connectivity index (χ4v) is 3.45. The quantitative estimate of drug-likeness (QED) is 0.305. The highest BCUT2D eigenvalue weighted by Gasteiger charge is 2.02. The summed E-state index contributed by atoms with van der Waals surface area (Å²) in [5, 5.41) is 17.3. The van der Waals surface area contributed by atoms with Gasteiger partial charge in [-0.05, 0) is 100 Å². The van der Waals surface area contributed by atoms with Gasteiger partial charge in [-0.3, -0.25) is 0 Å². The van der Waals surface area contributed by atoms with E-state index < -0.39 is 0 Å². The van der Waals surface area contributed by atoms with Crippen LogP contribution in [-0.4, -0.2) is 26.2 Å². The summed E-state index contributed by atoms with van der Waals surface area (Å²) in [7, 11) is 0. The van der Waals surface area contributed by atoms with Crippen molar-refractivity contribution in [3.63, 3.8) is 0 Å². The Morgan fingerprint density at radius 1 is 0.406 bits per heavy atom. The standard InChI is InChI=1S/C26H32N6/c1-5-31(6-2)25-17-13-23(14-18-25)29-27-21-9-11-22(12-10-21)28-30-24-15-19-26(20-16-24)32(7-3)8-4/h9-20H,5-8H2,1-4H3. The van der Waals surface area contributed by atoms with Gasteiger partial charge in [-0.25, -0.2) is 0 Å². The lowest BCUT2D eigenvalue weighted by Gasteiger charge is -2.20. The van der Waals surface area contributed by atoms with Crippen LogP contribution in [0.4, 0.5) is 34.1 Å². The molecule has 166 valence electrons. The first-order valence-electron chi connectivity index (χ1n) is 11.3. The van der Waals surface area contributed by atoms with Gasteiger partial charge in [-0.1, -0.05) is 0 Å². The summed E-state index contributed by atoms with van der Waals surface area (Å²) in [4.78, 5) is 4.60. The van der Waals surface area contributed by atoms with Crippen molar-refractivity contribution in [2.45, 2.75) is 27.7 Å². The van der Waals surface area contributed by atoms with Crippen molar-refractivity contribution in [3.8, 4) is 0 Å². The topological polar surface area (TPSA) is 55.9 Å². The van der Waals surface area contributed by atoms with Crippen LogP contribution in [0, 0.1) is 0 Å². The molecule has 0 aliphatic rings. The molecule has 0 amide bonds. The monoisotopic (exact) mass is 428 g/mol. The van der Waals surface area contributed by atoms with Crippen LogP contribution in [0.2, 0.25) is 0 Å². The number of azo groups is 2. The van der Waals surface area contributed by atoms with Gasteiger partial charge in [0.1, 0.15) is 0 Å². The molecule has 6 heteroatoms. The zero-order valence-electron chi connectivity index (χ0n) is 19.4. The largest absolute Gasteiger partial charge is 0.372 e. The SMILES string of the molecule is CCN(CC)c1ccc(N=Nc2ccc(N=Nc3ccc(N(CC)CC)cc3)cc2)cc1. The number of hydrogen-bond donors (Lipinski definition) is 0. The number of benzene rings is 3. The second-order valence-corrected chi connectivity index (χ2v) is 7.29. The lowest BCUT2D eigenvalue weighted by Crippen LogP contribution is -2.21. The van der Waals surface area contributed by atoms with Gasteiger partial charge >= 0.3 is 0 Å². The number of hydrogen-bond acceptors (Lipinski definition) is 6. The fraction of sp³-hybridized carbons (Fsp3) is 0.308. The van der Waals surface area contributed by atoms with Crippen molar-refractivity contribution in [2.24, 2.45) is 20.5 Å². The van der Waals surface area contributed by atoms with Gasteiger partial charge in [-0.15, -0.1) is 0 Å². The van der Waals surface area contributed by atoms with Crippen LogP contribution in [0.1, 0.15) is 27.7 Å². The molecule has 0 bridgehead atoms. The molecule has 0 aromatic heterocycles. The van der Waals surface area contributed by atoms with E-state index in [4.69, 9.17) is 0 Å². The number of nitrogens with zero attached hydrogens (tertiary/aromatic N) is 6. The number of rotatable bonds is 10. The van der Waals surface area contributed by atoms with Crippen molar-refractivity contribution in [3.05, 3.63) is 72.8 Å². The average Bonchev–Trinajstić information content (AvgIpc) is 2.85. The van der Waals surface area contributed by atoms with Gasteiger partial charge in [0.2, 0.25) is 0 Å². The van der Waals surface area contributed by atoms with Gasteiger partial charge in [0.15, 0.2) is 0 Å². The predicted molar refractivity (Wildman–Crippen MR) is 135 cm³/mol. The molecule has 0 saturated carbocycles. The minimum Gasteiger partial charge on any atom is -0.372 e. The lowest BCUT2D eigenvalue weighted by molar-refractivity contribution is 0.866. The van der Waals surface area contributed by atoms with Crippen molar-refractivity contribution < 1.29 is 0 Å². The van der Waals surface area contributed by atoms with E-state index in [0.717, 1.165) is 48.9 Å². The van der Waals surface area contributed by atoms with E-state index in [2.05, 4.69) is 82.2 Å². The van der Waals surface area contributed by atoms with Gasteiger partial charge < -0.3 is 9.80 Å². The summed E-state index contributed by atoms with van der Waals surface area (Å²) in [6.07, 6.45) is 0. The maximum atomic E-state index is 4.34. The van der Waals surface area contributed by atoms with Gasteiger partial charge in [-0.2, -0.15) is 20.5 Å². The van der Waals surface area contributed by atoms with Gasteiger partial charge in [0.25, 0.3) is 0 Å². The van der Waals surface area contributed by atoms with Crippen LogP contribution in [-0.2, 0) is 0 Å². The molecule has 0 aliphatic heterocycles. The minimum absolute atomic E-state index is 0.778. The molecule has 3 aromatic carbocycles. The normalized spacial score (nSPS) is 11.4. The molecule has 0 fully saturated rings. The Kier molecular flexibility index (Phi) is 8.49. The molecule has 0 aliphatic carbocycles. The van der Waals surface area contributed by atoms with Crippen molar-refractivity contribution in [2.75, 3.05) is 36.0 Å². The smallest absolute Gasteiger partial charge is 0.0858 e. The van der Waals surface area contributed by atoms with E-state index in [1.54, 1.807) is 0 Å². The second-order valence-electron chi connectivity index (χ2n) is 7.29. The lowest BCUT2D eigenvalue weighted by atomic mass is 10.2. The zero-order chi connectivity index (χ0) is 22.8. The van der Waals surface area contributed by atoms with Crippen molar-refractivity contribution >= 4 is 34.1 Å². The van der Waals surface area contributed by atoms with E-state index in [-0.39, 0.29) is 0 Å². The summed E-state index contributed by atoms with van der Waals surface area (Å²) in [6, 6.07) is 23.9. The summed E-state index contributed by atoms with van der Waals surface area (Å²) in [5.41, 5.74) is 5.62. The highest BCUT2D eigenvalue weighted by molar-refractivity contribution is 5.54. The average molecular weight is 429 g/mol. The predicted octanol–water partition coefficient (Wildman–Crippen LogP) is 8.21. The maximum absolute atomic E-state index is 4.34. The second kappa shape index (κ2) is 11.7. The molecule has 6 nitrogen and oxygen atoms in total. The highest BCUT2D eigenvalue weighted by atomic mass is 15.1. The van der Waals surface area contributed by atoms with Crippen LogP contribution in [0.5, 0.6) is 0 Å². The Morgan fingerprint density at radius 3 is 0.844 bits per heavy atom. The maximum Gasteiger partial charge on any atom is 0.0858 e. The van der Waals surface area contributed by atoms with E-state index in [1.807, 2.05) is 48.5 Å². The first-order valence-corrected chi connectivity index (χ1v) is 11.3. The van der Waals surface area contributed by atoms with E-state index in [1.165, 1.54) is 11.4 Å². The molecular formula is C26H32N6. The van der Waals surface area contributed by atoms with Crippen LogP contribution < -0.4 is 9.80 Å². The Hall–Kier alpha value is -3.54. The molecule has 0 radical (unpaired) electrons. The molecule has 0 unspecified atom stereocenters. The Balaban J connectivity index is 1.60. The molecule has 3 aromatic rings. The highest BCUT2D eigenvalue weighted by Crippen LogP contribution is 2.25. The molecule has 0 N–H and O–H groups in total. The summed E-state index contributed by atoms with van der Waals surface area (Å²) in [5.74, 6) is 0. The summed E-state index contributed by atoms with van der Waals surface area (Å²) in [6.45, 7) is 12.6. The van der Waals surface area contributed by atoms with Crippen molar-refractivity contribution in [1.29, 1.82) is 0 Å². The Labute approximate surface area is 191 Å². The summed E-state index contributed by atoms with van der Waals surface area (Å²) >= 11 is 0. The first-order chi connectivity index (χ1) is 15.7. The minimum atomic E-state index is 0.778. The first kappa shape index (κ1) is 23.1. The zero-order valence-corrected chi connectivity index (χ0v) is 19.4. The van der Waals surface area contributed by atoms with Gasteiger partial charge in [0.05, 0.1) is 22.7 Å². The van der Waals surface area contributed by atoms with Crippen LogP contribution in [0.15, 0.2) is 93.3 Å². The molecule has 0 spiro atoms. The van der Waals surface area contributed by atoms with E-state index in [0.29, 0.717) is 0 Å². The summed E-state index contributed by atoms with van der Waals surface area (Å²) < 4.78 is 0. The molecule has 0 atom stereocenters. The Morgan fingerprint density at radius 2 is 0.625 bits per heavy atom. The fourth-order valence-electron chi connectivity index (χ4n) is 3.45. The number of anilines is 2. The molecule has 32 heavy (non-hydrogen) atoms. The molecule has 0 heterocycles. The van der Waals surface area contributed by atoms with Crippen LogP contribution in [0.25, 0.3) is 0 Å². The molecule has 3 rings (SSSR count). The third kappa shape index (κ3) is 6.23. The third-order valence-corrected chi connectivity index (χ3v) is 5.37. The molecular weight excluding hydrogens is 396 g/mol. The van der Waals surface area contributed by atoms with Crippen LogP contribution in [0.3, 0.4) is 0 Å². The molecule has 0 saturated heterocycles. The van der Waals surface area contributed by atoms with E-state index >= 15 is 0 Å². The van der Waals surface area contributed by atoms with Crippen molar-refractivity contribution in [1.82, 2.24) is 0 Å².